The fourth-order valence-electron chi connectivity index (χ4n) is 2.66. The Hall–Kier alpha value is -1.30. The minimum Gasteiger partial charge on any atom is -0.345 e. The van der Waals surface area contributed by atoms with E-state index in [1.54, 1.807) is 18.4 Å². The second kappa shape index (κ2) is 3.85. The molecule has 2 heterocycles. The maximum absolute atomic E-state index is 12.1. The van der Waals surface area contributed by atoms with Gasteiger partial charge < -0.3 is 5.32 Å². The summed E-state index contributed by atoms with van der Waals surface area (Å²) in [6.07, 6.45) is 2.76. The van der Waals surface area contributed by atoms with Crippen molar-refractivity contribution in [3.63, 3.8) is 0 Å². The van der Waals surface area contributed by atoms with Crippen molar-refractivity contribution in [2.75, 3.05) is 7.05 Å². The third-order valence-electron chi connectivity index (χ3n) is 3.93. The number of nitrogens with one attached hydrogen (secondary N) is 2. The lowest BCUT2D eigenvalue weighted by Crippen LogP contribution is -2.60. The number of carbonyl (C=O) groups excluding carboxylic acids is 1. The lowest BCUT2D eigenvalue weighted by molar-refractivity contribution is -0.130. The molecule has 3 rings (SSSR count). The average Bonchev–Trinajstić information content (AvgIpc) is 3.09. The van der Waals surface area contributed by atoms with Gasteiger partial charge in [-0.25, -0.2) is 0 Å². The number of thiophene rings is 1. The summed E-state index contributed by atoms with van der Waals surface area (Å²) in [5.41, 5.74) is 0.911. The van der Waals surface area contributed by atoms with E-state index in [0.29, 0.717) is 12.3 Å². The second-order valence-corrected chi connectivity index (χ2v) is 6.25. The van der Waals surface area contributed by atoms with Crippen molar-refractivity contribution in [3.05, 3.63) is 16.3 Å². The van der Waals surface area contributed by atoms with E-state index < -0.39 is 0 Å². The molecule has 1 aliphatic carbocycles. The lowest BCUT2D eigenvalue weighted by atomic mass is 9.84. The van der Waals surface area contributed by atoms with Gasteiger partial charge in [0.2, 0.25) is 5.91 Å². The molecule has 18 heavy (non-hydrogen) atoms. The number of hydrogen-bond acceptors (Lipinski definition) is 3. The standard InChI is InChI=1S/C12H16BN3OS/c1-16-10(17)5-12(7-2-3-7,15-11(16)14)9-4-8(13)6-18-9/h4,6-7H,2-3,5,13H2,1H3,(H2,14,15)/t12-/m1/s1. The predicted octanol–water partition coefficient (Wildman–Crippen LogP) is -0.00173. The van der Waals surface area contributed by atoms with Gasteiger partial charge in [-0.3, -0.25) is 15.1 Å². The Labute approximate surface area is 111 Å². The Morgan fingerprint density at radius 1 is 1.61 bits per heavy atom. The molecule has 2 fully saturated rings. The quantitative estimate of drug-likeness (QED) is 0.736. The molecule has 0 unspecified atom stereocenters. The van der Waals surface area contributed by atoms with Crippen molar-refractivity contribution in [2.45, 2.75) is 24.8 Å². The van der Waals surface area contributed by atoms with Crippen LogP contribution in [-0.2, 0) is 10.3 Å². The topological polar surface area (TPSA) is 56.2 Å². The first kappa shape index (κ1) is 11.8. The van der Waals surface area contributed by atoms with Crippen LogP contribution < -0.4 is 10.8 Å². The van der Waals surface area contributed by atoms with Crippen LogP contribution in [0.25, 0.3) is 0 Å². The Kier molecular flexibility index (Phi) is 2.52. The summed E-state index contributed by atoms with van der Waals surface area (Å²) in [7, 11) is 3.73. The number of hydrogen-bond donors (Lipinski definition) is 2. The highest BCUT2D eigenvalue weighted by Gasteiger charge is 2.52. The van der Waals surface area contributed by atoms with Crippen LogP contribution in [-0.4, -0.2) is 31.7 Å². The first-order chi connectivity index (χ1) is 8.53. The van der Waals surface area contributed by atoms with Crippen molar-refractivity contribution in [1.29, 1.82) is 5.41 Å². The zero-order chi connectivity index (χ0) is 12.9. The van der Waals surface area contributed by atoms with Crippen molar-refractivity contribution in [1.82, 2.24) is 10.2 Å². The molecule has 4 nitrogen and oxygen atoms in total. The minimum absolute atomic E-state index is 0.0386. The van der Waals surface area contributed by atoms with Gasteiger partial charge in [-0.2, -0.15) is 0 Å². The van der Waals surface area contributed by atoms with Gasteiger partial charge in [0.15, 0.2) is 5.96 Å². The van der Waals surface area contributed by atoms with Gasteiger partial charge in [-0.05, 0) is 24.1 Å². The highest BCUT2D eigenvalue weighted by molar-refractivity contribution is 7.11. The number of amides is 1. The molecular formula is C12H16BN3OS. The van der Waals surface area contributed by atoms with Crippen LogP contribution in [0, 0.1) is 11.3 Å². The molecule has 1 aromatic heterocycles. The third-order valence-corrected chi connectivity index (χ3v) is 5.15. The zero-order valence-electron chi connectivity index (χ0n) is 10.6. The van der Waals surface area contributed by atoms with Gasteiger partial charge >= 0.3 is 0 Å². The molecule has 2 N–H and O–H groups in total. The fourth-order valence-corrected chi connectivity index (χ4v) is 3.79. The van der Waals surface area contributed by atoms with Gasteiger partial charge in [0.05, 0.1) is 12.0 Å². The molecule has 6 heteroatoms. The summed E-state index contributed by atoms with van der Waals surface area (Å²) < 4.78 is 0. The summed E-state index contributed by atoms with van der Waals surface area (Å²) in [5, 5.41) is 13.4. The molecule has 2 aliphatic rings. The first-order valence-electron chi connectivity index (χ1n) is 6.22. The van der Waals surface area contributed by atoms with Crippen molar-refractivity contribution in [2.24, 2.45) is 5.92 Å². The van der Waals surface area contributed by atoms with Crippen LogP contribution in [0.5, 0.6) is 0 Å². The molecule has 0 spiro atoms. The summed E-state index contributed by atoms with van der Waals surface area (Å²) in [6.45, 7) is 0. The van der Waals surface area contributed by atoms with E-state index in [9.17, 15) is 4.79 Å². The molecule has 0 bridgehead atoms. The predicted molar refractivity (Wildman–Crippen MR) is 75.1 cm³/mol. The molecule has 0 radical (unpaired) electrons. The van der Waals surface area contributed by atoms with E-state index in [-0.39, 0.29) is 17.4 Å². The van der Waals surface area contributed by atoms with E-state index in [1.165, 1.54) is 15.2 Å². The molecule has 1 amide bonds. The Morgan fingerprint density at radius 3 is 2.83 bits per heavy atom. The number of carbonyl (C=O) groups is 1. The molecule has 0 aromatic carbocycles. The van der Waals surface area contributed by atoms with E-state index in [4.69, 9.17) is 5.41 Å². The van der Waals surface area contributed by atoms with Gasteiger partial charge in [-0.1, -0.05) is 11.5 Å². The van der Waals surface area contributed by atoms with Gasteiger partial charge in [0.1, 0.15) is 7.85 Å². The Balaban J connectivity index is 2.02. The van der Waals surface area contributed by atoms with Crippen LogP contribution in [0.3, 0.4) is 0 Å². The highest BCUT2D eigenvalue weighted by atomic mass is 32.1. The van der Waals surface area contributed by atoms with E-state index in [1.807, 2.05) is 0 Å². The molecule has 1 atom stereocenters. The molecule has 1 aliphatic heterocycles. The second-order valence-electron chi connectivity index (χ2n) is 5.34. The van der Waals surface area contributed by atoms with Crippen LogP contribution in [0.1, 0.15) is 24.1 Å². The third kappa shape index (κ3) is 1.67. The molecule has 1 aromatic rings. The number of guanidine groups is 1. The van der Waals surface area contributed by atoms with Crippen molar-refractivity contribution < 1.29 is 4.79 Å². The Bertz CT molecular complexity index is 505. The number of rotatable bonds is 2. The summed E-state index contributed by atoms with van der Waals surface area (Å²) in [6, 6.07) is 2.15. The maximum atomic E-state index is 12.1. The summed E-state index contributed by atoms with van der Waals surface area (Å²) in [4.78, 5) is 14.7. The van der Waals surface area contributed by atoms with Gasteiger partial charge in [0, 0.05) is 11.9 Å². The maximum Gasteiger partial charge on any atom is 0.231 e. The summed E-state index contributed by atoms with van der Waals surface area (Å²) in [5.74, 6) is 0.759. The van der Waals surface area contributed by atoms with Crippen LogP contribution >= 0.6 is 11.3 Å². The molecule has 1 saturated carbocycles. The van der Waals surface area contributed by atoms with Crippen molar-refractivity contribution in [3.8, 4) is 0 Å². The van der Waals surface area contributed by atoms with Crippen LogP contribution in [0.15, 0.2) is 11.4 Å². The SMILES string of the molecule is Bc1csc([C@]2(C3CC3)CC(=O)N(C)C(=N)N2)c1. The van der Waals surface area contributed by atoms with Crippen molar-refractivity contribution >= 4 is 36.5 Å². The first-order valence-corrected chi connectivity index (χ1v) is 7.10. The summed E-state index contributed by atoms with van der Waals surface area (Å²) >= 11 is 1.70. The normalized spacial score (nSPS) is 28.4. The monoisotopic (exact) mass is 261 g/mol. The van der Waals surface area contributed by atoms with Crippen LogP contribution in [0.4, 0.5) is 0 Å². The zero-order valence-corrected chi connectivity index (χ0v) is 11.4. The molecule has 94 valence electrons. The van der Waals surface area contributed by atoms with E-state index >= 15 is 0 Å². The smallest absolute Gasteiger partial charge is 0.231 e. The van der Waals surface area contributed by atoms with E-state index in [0.717, 1.165) is 12.8 Å². The lowest BCUT2D eigenvalue weighted by Gasteiger charge is -2.41. The fraction of sp³-hybridized carbons (Fsp3) is 0.500. The van der Waals surface area contributed by atoms with E-state index in [2.05, 4.69) is 24.6 Å². The largest absolute Gasteiger partial charge is 0.345 e. The average molecular weight is 261 g/mol. The van der Waals surface area contributed by atoms with Crippen LogP contribution in [0.2, 0.25) is 0 Å². The molecule has 1 saturated heterocycles. The molecular weight excluding hydrogens is 245 g/mol. The highest BCUT2D eigenvalue weighted by Crippen LogP contribution is 2.50. The minimum atomic E-state index is -0.320. The number of nitrogens with zero attached hydrogens (tertiary/aromatic N) is 1. The Morgan fingerprint density at radius 2 is 2.33 bits per heavy atom. The van der Waals surface area contributed by atoms with Gasteiger partial charge in [-0.15, -0.1) is 11.3 Å². The van der Waals surface area contributed by atoms with Gasteiger partial charge in [0.25, 0.3) is 0 Å².